The second kappa shape index (κ2) is 17.0. The number of nitrogens with zero attached hydrogens (tertiary/aromatic N) is 5. The van der Waals surface area contributed by atoms with Crippen molar-refractivity contribution in [3.63, 3.8) is 0 Å². The number of rotatable bonds is 9. The Labute approximate surface area is 372 Å². The molecule has 5 nitrogen and oxygen atoms in total. The molecule has 11 aromatic rings. The van der Waals surface area contributed by atoms with E-state index in [4.69, 9.17) is 19.9 Å². The van der Waals surface area contributed by atoms with Crippen LogP contribution in [0.3, 0.4) is 0 Å². The monoisotopic (exact) mass is 817 g/mol. The first kappa shape index (κ1) is 38.3. The van der Waals surface area contributed by atoms with Crippen LogP contribution in [-0.2, 0) is 0 Å². The molecule has 8 aromatic carbocycles. The zero-order chi connectivity index (χ0) is 42.7. The molecule has 3 heterocycles. The van der Waals surface area contributed by atoms with Crippen molar-refractivity contribution < 1.29 is 0 Å². The molecule has 0 saturated heterocycles. The van der Waals surface area contributed by atoms with Gasteiger partial charge in [0.1, 0.15) is 0 Å². The van der Waals surface area contributed by atoms with Gasteiger partial charge in [0.25, 0.3) is 0 Å². The van der Waals surface area contributed by atoms with Gasteiger partial charge in [0.05, 0.1) is 22.8 Å². The lowest BCUT2D eigenvalue weighted by Gasteiger charge is -2.19. The Kier molecular flexibility index (Phi) is 10.2. The molecule has 0 atom stereocenters. The van der Waals surface area contributed by atoms with E-state index in [0.717, 1.165) is 100 Å². The molecule has 0 unspecified atom stereocenters. The van der Waals surface area contributed by atoms with E-state index in [9.17, 15) is 0 Å². The molecule has 0 radical (unpaired) electrons. The van der Waals surface area contributed by atoms with E-state index in [1.54, 1.807) is 0 Å². The lowest BCUT2D eigenvalue weighted by atomic mass is 9.85. The van der Waals surface area contributed by atoms with Crippen molar-refractivity contribution >= 4 is 10.8 Å². The summed E-state index contributed by atoms with van der Waals surface area (Å²) in [7, 11) is 0. The van der Waals surface area contributed by atoms with Gasteiger partial charge in [-0.05, 0) is 62.9 Å². The van der Waals surface area contributed by atoms with Crippen molar-refractivity contribution in [2.45, 2.75) is 0 Å². The highest BCUT2D eigenvalue weighted by Crippen LogP contribution is 2.44. The van der Waals surface area contributed by atoms with Crippen molar-refractivity contribution in [1.29, 1.82) is 0 Å². The number of fused-ring (bicyclic) bond motifs is 1. The van der Waals surface area contributed by atoms with Crippen molar-refractivity contribution in [2.75, 3.05) is 0 Å². The Bertz CT molecular complexity index is 3360. The van der Waals surface area contributed by atoms with Crippen LogP contribution in [0.1, 0.15) is 0 Å². The molecule has 0 fully saturated rings. The number of hydrogen-bond donors (Lipinski definition) is 0. The maximum absolute atomic E-state index is 5.33. The van der Waals surface area contributed by atoms with E-state index in [1.165, 1.54) is 0 Å². The predicted octanol–water partition coefficient (Wildman–Crippen LogP) is 14.8. The van der Waals surface area contributed by atoms with Crippen LogP contribution in [0, 0.1) is 0 Å². The van der Waals surface area contributed by atoms with Crippen molar-refractivity contribution in [3.8, 4) is 101 Å². The zero-order valence-corrected chi connectivity index (χ0v) is 34.8. The highest BCUT2D eigenvalue weighted by molar-refractivity contribution is 6.00. The summed E-state index contributed by atoms with van der Waals surface area (Å²) in [5, 5.41) is 2.30. The highest BCUT2D eigenvalue weighted by atomic mass is 14.9. The summed E-state index contributed by atoms with van der Waals surface area (Å²) in [4.78, 5) is 25.5. The molecule has 300 valence electrons. The average Bonchev–Trinajstić information content (AvgIpc) is 3.39. The van der Waals surface area contributed by atoms with Crippen LogP contribution in [0.4, 0.5) is 0 Å². The number of pyridine rings is 1. The van der Waals surface area contributed by atoms with Crippen molar-refractivity contribution in [3.05, 3.63) is 237 Å². The third-order valence-corrected chi connectivity index (χ3v) is 11.6. The average molecular weight is 818 g/mol. The van der Waals surface area contributed by atoms with Gasteiger partial charge in [0.15, 0.2) is 11.6 Å². The van der Waals surface area contributed by atoms with E-state index in [1.807, 2.05) is 73.1 Å². The van der Waals surface area contributed by atoms with Gasteiger partial charge < -0.3 is 0 Å². The van der Waals surface area contributed by atoms with Crippen LogP contribution >= 0.6 is 0 Å². The topological polar surface area (TPSA) is 64.5 Å². The Balaban J connectivity index is 1.12. The largest absolute Gasteiger partial charge is 0.264 e. The minimum absolute atomic E-state index is 0.651. The fourth-order valence-electron chi connectivity index (χ4n) is 8.58. The van der Waals surface area contributed by atoms with E-state index in [2.05, 4.69) is 169 Å². The molecular formula is C59H39N5. The first-order valence-electron chi connectivity index (χ1n) is 21.4. The summed E-state index contributed by atoms with van der Waals surface area (Å²) in [6, 6.07) is 77.8. The van der Waals surface area contributed by atoms with E-state index in [-0.39, 0.29) is 0 Å². The molecule has 0 N–H and O–H groups in total. The van der Waals surface area contributed by atoms with Crippen molar-refractivity contribution in [1.82, 2.24) is 24.9 Å². The maximum Gasteiger partial charge on any atom is 0.160 e. The Morgan fingerprint density at radius 1 is 0.266 bits per heavy atom. The van der Waals surface area contributed by atoms with Crippen LogP contribution in [0.5, 0.6) is 0 Å². The number of aromatic nitrogens is 5. The van der Waals surface area contributed by atoms with Crippen molar-refractivity contribution in [2.24, 2.45) is 0 Å². The molecule has 3 aromatic heterocycles. The molecule has 0 aliphatic carbocycles. The van der Waals surface area contributed by atoms with Gasteiger partial charge in [-0.1, -0.05) is 200 Å². The van der Waals surface area contributed by atoms with Gasteiger partial charge in [-0.25, -0.2) is 19.9 Å². The first-order chi connectivity index (χ1) is 31.7. The Morgan fingerprint density at radius 3 is 1.45 bits per heavy atom. The standard InChI is InChI=1S/C59H39N5/c1-4-19-41(20-5-1)53-37-54(42-21-6-2-7-22-42)62-59(61-53)45-27-14-26-44(36-45)57-48(46-28-17-35-60-39-46)32-16-34-52(57)49-30-12-13-31-51(49)56-38-55(63-58(64-56)43-23-8-3-9-24-43)50-33-15-25-40-18-10-11-29-47(40)50/h1-39H. The summed E-state index contributed by atoms with van der Waals surface area (Å²) in [6.45, 7) is 0. The van der Waals surface area contributed by atoms with Crippen LogP contribution < -0.4 is 0 Å². The van der Waals surface area contributed by atoms with Gasteiger partial charge in [-0.3, -0.25) is 4.98 Å². The summed E-state index contributed by atoms with van der Waals surface area (Å²) < 4.78 is 0. The fraction of sp³-hybridized carbons (Fsp3) is 0. The van der Waals surface area contributed by atoms with Gasteiger partial charge in [-0.2, -0.15) is 0 Å². The molecule has 5 heteroatoms. The molecule has 0 aliphatic rings. The van der Waals surface area contributed by atoms with Gasteiger partial charge >= 0.3 is 0 Å². The van der Waals surface area contributed by atoms with Crippen LogP contribution in [0.15, 0.2) is 237 Å². The minimum Gasteiger partial charge on any atom is -0.264 e. The van der Waals surface area contributed by atoms with E-state index in [0.29, 0.717) is 11.6 Å². The van der Waals surface area contributed by atoms with Crippen LogP contribution in [0.25, 0.3) is 112 Å². The summed E-state index contributed by atoms with van der Waals surface area (Å²) in [5.74, 6) is 1.32. The first-order valence-corrected chi connectivity index (χ1v) is 21.4. The smallest absolute Gasteiger partial charge is 0.160 e. The lowest BCUT2D eigenvalue weighted by Crippen LogP contribution is -1.98. The summed E-state index contributed by atoms with van der Waals surface area (Å²) in [6.07, 6.45) is 3.75. The van der Waals surface area contributed by atoms with E-state index >= 15 is 0 Å². The molecule has 0 saturated carbocycles. The lowest BCUT2D eigenvalue weighted by molar-refractivity contribution is 1.18. The molecule has 0 spiro atoms. The summed E-state index contributed by atoms with van der Waals surface area (Å²) >= 11 is 0. The van der Waals surface area contributed by atoms with Crippen LogP contribution in [-0.4, -0.2) is 24.9 Å². The molecular weight excluding hydrogens is 779 g/mol. The maximum atomic E-state index is 5.33. The van der Waals surface area contributed by atoms with Gasteiger partial charge in [0.2, 0.25) is 0 Å². The molecule has 64 heavy (non-hydrogen) atoms. The van der Waals surface area contributed by atoms with Gasteiger partial charge in [0, 0.05) is 51.3 Å². The molecule has 0 bridgehead atoms. The molecule has 11 rings (SSSR count). The molecule has 0 amide bonds. The number of hydrogen-bond acceptors (Lipinski definition) is 5. The second-order valence-electron chi connectivity index (χ2n) is 15.6. The Morgan fingerprint density at radius 2 is 0.734 bits per heavy atom. The summed E-state index contributed by atoms with van der Waals surface area (Å²) in [5.41, 5.74) is 15.7. The predicted molar refractivity (Wildman–Crippen MR) is 262 cm³/mol. The second-order valence-corrected chi connectivity index (χ2v) is 15.6. The third-order valence-electron chi connectivity index (χ3n) is 11.6. The highest BCUT2D eigenvalue weighted by Gasteiger charge is 2.21. The van der Waals surface area contributed by atoms with Crippen LogP contribution in [0.2, 0.25) is 0 Å². The fourth-order valence-corrected chi connectivity index (χ4v) is 8.58. The molecule has 0 aliphatic heterocycles. The van der Waals surface area contributed by atoms with E-state index < -0.39 is 0 Å². The number of benzene rings is 8. The normalized spacial score (nSPS) is 11.1. The Hall–Kier alpha value is -8.67. The third kappa shape index (κ3) is 7.52. The quantitative estimate of drug-likeness (QED) is 0.145. The van der Waals surface area contributed by atoms with Gasteiger partial charge in [-0.15, -0.1) is 0 Å². The zero-order valence-electron chi connectivity index (χ0n) is 34.8. The SMILES string of the molecule is c1ccc(-c2cc(-c3ccccc3)nc(-c3cccc(-c4c(-c5cccnc5)cccc4-c4ccccc4-c4cc(-c5cccc6ccccc56)nc(-c5ccccc5)n4)c3)n2)cc1. The minimum atomic E-state index is 0.651.